The fourth-order valence-corrected chi connectivity index (χ4v) is 2.41. The fraction of sp³-hybridized carbons (Fsp3) is 0.667. The topological polar surface area (TPSA) is 55.3 Å². The monoisotopic (exact) mass is 277 g/mol. The molecule has 1 aliphatic heterocycles. The van der Waals surface area contributed by atoms with Gasteiger partial charge in [-0.2, -0.15) is 0 Å². The second-order valence-corrected chi connectivity index (χ2v) is 6.29. The standard InChI is InChI=1S/C15H23N3O2/c1-11-16-8-7-13(17-11)12-6-5-9-18(10-12)14(19)20-15(2,3)4/h7-8,12H,5-6,9-10H2,1-4H3. The minimum absolute atomic E-state index is 0.229. The van der Waals surface area contributed by atoms with Crippen molar-refractivity contribution in [1.29, 1.82) is 0 Å². The number of likely N-dealkylation sites (tertiary alicyclic amines) is 1. The maximum atomic E-state index is 12.1. The van der Waals surface area contributed by atoms with Gasteiger partial charge < -0.3 is 9.64 Å². The second kappa shape index (κ2) is 5.77. The molecule has 2 rings (SSSR count). The molecule has 0 radical (unpaired) electrons. The molecule has 1 saturated heterocycles. The van der Waals surface area contributed by atoms with Gasteiger partial charge in [0.2, 0.25) is 0 Å². The number of ether oxygens (including phenoxy) is 1. The highest BCUT2D eigenvalue weighted by atomic mass is 16.6. The number of nitrogens with zero attached hydrogens (tertiary/aromatic N) is 3. The van der Waals surface area contributed by atoms with E-state index in [2.05, 4.69) is 9.97 Å². The van der Waals surface area contributed by atoms with E-state index >= 15 is 0 Å². The summed E-state index contributed by atoms with van der Waals surface area (Å²) in [5.41, 5.74) is 0.570. The van der Waals surface area contributed by atoms with Crippen LogP contribution >= 0.6 is 0 Å². The summed E-state index contributed by atoms with van der Waals surface area (Å²) >= 11 is 0. The zero-order chi connectivity index (χ0) is 14.8. The predicted molar refractivity (Wildman–Crippen MR) is 76.6 cm³/mol. The largest absolute Gasteiger partial charge is 0.444 e. The number of carbonyl (C=O) groups excluding carboxylic acids is 1. The maximum Gasteiger partial charge on any atom is 0.410 e. The van der Waals surface area contributed by atoms with Gasteiger partial charge >= 0.3 is 6.09 Å². The quantitative estimate of drug-likeness (QED) is 0.792. The summed E-state index contributed by atoms with van der Waals surface area (Å²) in [6.45, 7) is 8.99. The average molecular weight is 277 g/mol. The van der Waals surface area contributed by atoms with Gasteiger partial charge in [-0.25, -0.2) is 14.8 Å². The van der Waals surface area contributed by atoms with E-state index in [1.807, 2.05) is 33.8 Å². The van der Waals surface area contributed by atoms with Crippen LogP contribution in [-0.2, 0) is 4.74 Å². The molecular weight excluding hydrogens is 254 g/mol. The van der Waals surface area contributed by atoms with E-state index in [1.54, 1.807) is 11.1 Å². The van der Waals surface area contributed by atoms with E-state index in [9.17, 15) is 4.79 Å². The summed E-state index contributed by atoms with van der Waals surface area (Å²) < 4.78 is 5.44. The van der Waals surface area contributed by atoms with E-state index in [0.717, 1.165) is 30.9 Å². The van der Waals surface area contributed by atoms with Crippen LogP contribution in [0, 0.1) is 6.92 Å². The van der Waals surface area contributed by atoms with Crippen LogP contribution in [0.2, 0.25) is 0 Å². The van der Waals surface area contributed by atoms with Gasteiger partial charge in [0.15, 0.2) is 0 Å². The predicted octanol–water partition coefficient (Wildman–Crippen LogP) is 2.90. The second-order valence-electron chi connectivity index (χ2n) is 6.29. The fourth-order valence-electron chi connectivity index (χ4n) is 2.41. The molecule has 0 spiro atoms. The number of hydrogen-bond donors (Lipinski definition) is 0. The van der Waals surface area contributed by atoms with Crippen molar-refractivity contribution < 1.29 is 9.53 Å². The van der Waals surface area contributed by atoms with Gasteiger partial charge in [-0.15, -0.1) is 0 Å². The van der Waals surface area contributed by atoms with Gasteiger partial charge in [0, 0.05) is 30.9 Å². The Morgan fingerprint density at radius 3 is 2.85 bits per heavy atom. The summed E-state index contributed by atoms with van der Waals surface area (Å²) in [5, 5.41) is 0. The van der Waals surface area contributed by atoms with Crippen molar-refractivity contribution in [3.8, 4) is 0 Å². The first kappa shape index (κ1) is 14.8. The molecule has 20 heavy (non-hydrogen) atoms. The van der Waals surface area contributed by atoms with Gasteiger partial charge in [0.25, 0.3) is 0 Å². The maximum absolute atomic E-state index is 12.1. The molecule has 0 aliphatic carbocycles. The van der Waals surface area contributed by atoms with Crippen LogP contribution in [0.4, 0.5) is 4.79 Å². The van der Waals surface area contributed by atoms with Crippen molar-refractivity contribution in [2.45, 2.75) is 52.1 Å². The van der Waals surface area contributed by atoms with Crippen molar-refractivity contribution >= 4 is 6.09 Å². The molecule has 5 nitrogen and oxygen atoms in total. The Bertz CT molecular complexity index is 482. The normalized spacial score (nSPS) is 19.8. The lowest BCUT2D eigenvalue weighted by atomic mass is 9.95. The van der Waals surface area contributed by atoms with E-state index in [0.29, 0.717) is 6.54 Å². The molecule has 1 amide bonds. The van der Waals surface area contributed by atoms with Crippen molar-refractivity contribution in [1.82, 2.24) is 14.9 Å². The lowest BCUT2D eigenvalue weighted by Crippen LogP contribution is -2.42. The van der Waals surface area contributed by atoms with E-state index in [-0.39, 0.29) is 12.0 Å². The van der Waals surface area contributed by atoms with Gasteiger partial charge in [-0.3, -0.25) is 0 Å². The summed E-state index contributed by atoms with van der Waals surface area (Å²) in [6.07, 6.45) is 3.58. The van der Waals surface area contributed by atoms with Crippen molar-refractivity contribution in [3.63, 3.8) is 0 Å². The smallest absolute Gasteiger partial charge is 0.410 e. The molecular formula is C15H23N3O2. The lowest BCUT2D eigenvalue weighted by molar-refractivity contribution is 0.0197. The average Bonchev–Trinajstić information content (AvgIpc) is 2.37. The molecule has 1 atom stereocenters. The summed E-state index contributed by atoms with van der Waals surface area (Å²) in [7, 11) is 0. The van der Waals surface area contributed by atoms with Gasteiger partial charge in [0.1, 0.15) is 11.4 Å². The SMILES string of the molecule is Cc1nccc(C2CCCN(C(=O)OC(C)(C)C)C2)n1. The van der Waals surface area contributed by atoms with Gasteiger partial charge in [-0.1, -0.05) is 0 Å². The van der Waals surface area contributed by atoms with E-state index in [1.165, 1.54) is 0 Å². The Morgan fingerprint density at radius 2 is 2.20 bits per heavy atom. The zero-order valence-electron chi connectivity index (χ0n) is 12.7. The molecule has 1 aromatic heterocycles. The Kier molecular flexibility index (Phi) is 4.26. The molecule has 0 aromatic carbocycles. The molecule has 0 bridgehead atoms. The Hall–Kier alpha value is -1.65. The number of hydrogen-bond acceptors (Lipinski definition) is 4. The number of piperidine rings is 1. The highest BCUT2D eigenvalue weighted by Crippen LogP contribution is 2.26. The Balaban J connectivity index is 2.03. The first-order valence-electron chi connectivity index (χ1n) is 7.12. The molecule has 2 heterocycles. The van der Waals surface area contributed by atoms with Gasteiger partial charge in [-0.05, 0) is 46.6 Å². The van der Waals surface area contributed by atoms with Crippen molar-refractivity contribution in [2.75, 3.05) is 13.1 Å². The molecule has 110 valence electrons. The Labute approximate surface area is 120 Å². The number of aromatic nitrogens is 2. The Morgan fingerprint density at radius 1 is 1.45 bits per heavy atom. The van der Waals surface area contributed by atoms with Crippen LogP contribution in [0.15, 0.2) is 12.3 Å². The third-order valence-electron chi connectivity index (χ3n) is 3.29. The van der Waals surface area contributed by atoms with Gasteiger partial charge in [0.05, 0.1) is 0 Å². The van der Waals surface area contributed by atoms with Crippen LogP contribution in [-0.4, -0.2) is 39.7 Å². The minimum atomic E-state index is -0.449. The molecule has 1 aliphatic rings. The third kappa shape index (κ3) is 3.92. The highest BCUT2D eigenvalue weighted by molar-refractivity contribution is 5.68. The first-order chi connectivity index (χ1) is 9.35. The lowest BCUT2D eigenvalue weighted by Gasteiger charge is -2.33. The summed E-state index contributed by atoms with van der Waals surface area (Å²) in [4.78, 5) is 22.5. The minimum Gasteiger partial charge on any atom is -0.444 e. The van der Waals surface area contributed by atoms with Crippen molar-refractivity contribution in [2.24, 2.45) is 0 Å². The molecule has 1 aromatic rings. The highest BCUT2D eigenvalue weighted by Gasteiger charge is 2.28. The number of amides is 1. The summed E-state index contributed by atoms with van der Waals surface area (Å²) in [6, 6.07) is 1.94. The van der Waals surface area contributed by atoms with Crippen LogP contribution in [0.1, 0.15) is 51.0 Å². The molecule has 0 saturated carbocycles. The first-order valence-corrected chi connectivity index (χ1v) is 7.12. The van der Waals surface area contributed by atoms with E-state index in [4.69, 9.17) is 4.74 Å². The van der Waals surface area contributed by atoms with Crippen LogP contribution in [0.25, 0.3) is 0 Å². The molecule has 1 unspecified atom stereocenters. The number of carbonyl (C=O) groups is 1. The number of aryl methyl sites for hydroxylation is 1. The summed E-state index contributed by atoms with van der Waals surface area (Å²) in [5.74, 6) is 1.05. The molecule has 0 N–H and O–H groups in total. The van der Waals surface area contributed by atoms with Crippen LogP contribution in [0.5, 0.6) is 0 Å². The molecule has 5 heteroatoms. The van der Waals surface area contributed by atoms with Crippen LogP contribution in [0.3, 0.4) is 0 Å². The van der Waals surface area contributed by atoms with Crippen molar-refractivity contribution in [3.05, 3.63) is 23.8 Å². The number of rotatable bonds is 1. The van der Waals surface area contributed by atoms with E-state index < -0.39 is 5.60 Å². The molecule has 1 fully saturated rings. The third-order valence-corrected chi connectivity index (χ3v) is 3.29. The zero-order valence-corrected chi connectivity index (χ0v) is 12.7. The van der Waals surface area contributed by atoms with Crippen LogP contribution < -0.4 is 0 Å².